The van der Waals surface area contributed by atoms with Crippen LogP contribution in [0.5, 0.6) is 5.75 Å². The van der Waals surface area contributed by atoms with Crippen molar-refractivity contribution >= 4 is 40.6 Å². The van der Waals surface area contributed by atoms with Crippen molar-refractivity contribution in [3.05, 3.63) is 81.2 Å². The Balaban J connectivity index is 0.00000337. The number of hydrogen-bond donors (Lipinski definition) is 5. The third-order valence-corrected chi connectivity index (χ3v) is 7.39. The topological polar surface area (TPSA) is 170 Å². The highest BCUT2D eigenvalue weighted by Gasteiger charge is 2.25. The number of aliphatic carboxylic acids is 1. The standard InChI is InChI=1S/C29H33N7O5S.2CH4/c1-17-24(18(2)33-29(32-17)30-11-5-7-19-6-4-8-21(37)14-19)26(39)34-22(28(40)41)15-31-25(38)23-16-42-27(35-23)20-9-12-36(3)13-10-20;;/h4,6,8-10,12,14,16,22,37H,5,7,11,13,15H2,1-3H3,(H,31,38)(H,34,39)(H,40,41)(H,30,32,33);2*1H4/t22-;;/m0../s1. The second-order valence-electron chi connectivity index (χ2n) is 9.82. The molecule has 44 heavy (non-hydrogen) atoms. The van der Waals surface area contributed by atoms with Gasteiger partial charge in [0, 0.05) is 37.6 Å². The molecule has 13 heteroatoms. The molecular formula is C31H41N7O5S. The van der Waals surface area contributed by atoms with Gasteiger partial charge in [0.25, 0.3) is 11.8 Å². The first-order valence-electron chi connectivity index (χ1n) is 13.3. The van der Waals surface area contributed by atoms with E-state index in [9.17, 15) is 24.6 Å². The van der Waals surface area contributed by atoms with Crippen molar-refractivity contribution in [1.29, 1.82) is 0 Å². The van der Waals surface area contributed by atoms with Crippen molar-refractivity contribution in [2.45, 2.75) is 47.6 Å². The quantitative estimate of drug-likeness (QED) is 0.186. The van der Waals surface area contributed by atoms with E-state index in [1.165, 1.54) is 11.3 Å². The van der Waals surface area contributed by atoms with Gasteiger partial charge in [0.2, 0.25) is 5.95 Å². The summed E-state index contributed by atoms with van der Waals surface area (Å²) in [7, 11) is 1.95. The Kier molecular flexibility index (Phi) is 13.0. The average Bonchev–Trinajstić information content (AvgIpc) is 3.44. The number of carboxylic acids is 1. The van der Waals surface area contributed by atoms with Gasteiger partial charge in [-0.1, -0.05) is 33.1 Å². The molecule has 2 amide bonds. The summed E-state index contributed by atoms with van der Waals surface area (Å²) in [6.07, 6.45) is 7.37. The fourth-order valence-corrected chi connectivity index (χ4v) is 5.11. The highest BCUT2D eigenvalue weighted by Crippen LogP contribution is 2.23. The lowest BCUT2D eigenvalue weighted by atomic mass is 10.1. The summed E-state index contributed by atoms with van der Waals surface area (Å²) in [6.45, 7) is 4.27. The molecule has 0 saturated heterocycles. The van der Waals surface area contributed by atoms with Gasteiger partial charge in [-0.05, 0) is 56.7 Å². The van der Waals surface area contributed by atoms with Crippen LogP contribution < -0.4 is 16.0 Å². The van der Waals surface area contributed by atoms with E-state index in [0.29, 0.717) is 28.9 Å². The lowest BCUT2D eigenvalue weighted by Gasteiger charge is -2.17. The van der Waals surface area contributed by atoms with Gasteiger partial charge in [0.15, 0.2) is 0 Å². The number of phenols is 1. The number of allylic oxidation sites excluding steroid dienone is 2. The van der Waals surface area contributed by atoms with Crippen molar-refractivity contribution < 1.29 is 24.6 Å². The zero-order valence-corrected chi connectivity index (χ0v) is 24.4. The number of aromatic hydroxyl groups is 1. The van der Waals surface area contributed by atoms with Crippen molar-refractivity contribution in [2.75, 3.05) is 32.0 Å². The Bertz CT molecular complexity index is 1510. The van der Waals surface area contributed by atoms with E-state index in [1.807, 2.05) is 36.4 Å². The molecule has 1 atom stereocenters. The normalized spacial score (nSPS) is 12.7. The fraction of sp³-hybridized carbons (Fsp3) is 0.355. The molecule has 1 aliphatic rings. The summed E-state index contributed by atoms with van der Waals surface area (Å²) in [5.41, 5.74) is 3.03. The maximum atomic E-state index is 13.0. The number of likely N-dealkylation sites (N-methyl/N-ethyl adjacent to an activating group) is 1. The van der Waals surface area contributed by atoms with E-state index in [0.717, 1.165) is 30.5 Å². The number of anilines is 1. The largest absolute Gasteiger partial charge is 0.508 e. The first-order valence-corrected chi connectivity index (χ1v) is 14.2. The first-order chi connectivity index (χ1) is 20.1. The average molecular weight is 624 g/mol. The number of rotatable bonds is 12. The van der Waals surface area contributed by atoms with Crippen LogP contribution >= 0.6 is 11.3 Å². The number of phenolic OH excluding ortho intramolecular Hbond substituents is 1. The van der Waals surface area contributed by atoms with Crippen LogP contribution in [0, 0.1) is 13.8 Å². The summed E-state index contributed by atoms with van der Waals surface area (Å²) in [6, 6.07) is 5.70. The molecule has 0 spiro atoms. The van der Waals surface area contributed by atoms with E-state index in [2.05, 4.69) is 30.9 Å². The molecule has 0 aliphatic carbocycles. The molecule has 0 bridgehead atoms. The summed E-state index contributed by atoms with van der Waals surface area (Å²) in [5, 5.41) is 29.7. The number of amides is 2. The predicted molar refractivity (Wildman–Crippen MR) is 173 cm³/mol. The van der Waals surface area contributed by atoms with Crippen LogP contribution in [0.3, 0.4) is 0 Å². The van der Waals surface area contributed by atoms with Gasteiger partial charge in [-0.25, -0.2) is 19.7 Å². The van der Waals surface area contributed by atoms with Crippen molar-refractivity contribution in [2.24, 2.45) is 0 Å². The SMILES string of the molecule is C.C.Cc1nc(NCCCc2cccc(O)c2)nc(C)c1C(=O)N[C@@H](CNC(=O)c1csc(C2=CCN(C)C=C2)n1)C(=O)O. The number of nitrogens with zero attached hydrogens (tertiary/aromatic N) is 4. The van der Waals surface area contributed by atoms with Crippen LogP contribution in [-0.2, 0) is 11.2 Å². The third kappa shape index (κ3) is 9.36. The second kappa shape index (κ2) is 16.2. The van der Waals surface area contributed by atoms with Crippen molar-refractivity contribution in [3.8, 4) is 5.75 Å². The van der Waals surface area contributed by atoms with Gasteiger partial charge in [-0.3, -0.25) is 9.59 Å². The highest BCUT2D eigenvalue weighted by atomic mass is 32.1. The zero-order valence-electron chi connectivity index (χ0n) is 23.5. The summed E-state index contributed by atoms with van der Waals surface area (Å²) >= 11 is 1.32. The van der Waals surface area contributed by atoms with E-state index in [1.54, 1.807) is 37.4 Å². The molecule has 5 N–H and O–H groups in total. The molecule has 0 radical (unpaired) electrons. The molecule has 4 rings (SSSR count). The monoisotopic (exact) mass is 623 g/mol. The van der Waals surface area contributed by atoms with Crippen LogP contribution in [0.4, 0.5) is 5.95 Å². The number of hydrogen-bond acceptors (Lipinski definition) is 10. The van der Waals surface area contributed by atoms with E-state index in [-0.39, 0.29) is 38.4 Å². The van der Waals surface area contributed by atoms with Crippen LogP contribution in [0.25, 0.3) is 5.57 Å². The Morgan fingerprint density at radius 2 is 1.82 bits per heavy atom. The van der Waals surface area contributed by atoms with E-state index < -0.39 is 23.8 Å². The van der Waals surface area contributed by atoms with E-state index >= 15 is 0 Å². The number of carboxylic acid groups (broad SMARTS) is 1. The van der Waals surface area contributed by atoms with Gasteiger partial charge < -0.3 is 31.1 Å². The highest BCUT2D eigenvalue weighted by molar-refractivity contribution is 7.11. The maximum absolute atomic E-state index is 13.0. The zero-order chi connectivity index (χ0) is 30.2. The number of aromatic nitrogens is 3. The van der Waals surface area contributed by atoms with Crippen LogP contribution in [0.2, 0.25) is 0 Å². The lowest BCUT2D eigenvalue weighted by Crippen LogP contribution is -2.48. The molecule has 0 fully saturated rings. The van der Waals surface area contributed by atoms with Gasteiger partial charge >= 0.3 is 5.97 Å². The minimum absolute atomic E-state index is 0. The fourth-order valence-electron chi connectivity index (χ4n) is 4.29. The van der Waals surface area contributed by atoms with Crippen LogP contribution in [0.1, 0.15) is 64.1 Å². The van der Waals surface area contributed by atoms with Gasteiger partial charge in [0.1, 0.15) is 22.5 Å². The Labute approximate surface area is 262 Å². The number of nitrogens with one attached hydrogen (secondary N) is 3. The van der Waals surface area contributed by atoms with Gasteiger partial charge in [-0.15, -0.1) is 11.3 Å². The summed E-state index contributed by atoms with van der Waals surface area (Å²) < 4.78 is 0. The van der Waals surface area contributed by atoms with Crippen LogP contribution in [0.15, 0.2) is 48.0 Å². The molecule has 0 saturated carbocycles. The van der Waals surface area contributed by atoms with Gasteiger partial charge in [-0.2, -0.15) is 0 Å². The molecule has 0 unspecified atom stereocenters. The third-order valence-electron chi connectivity index (χ3n) is 6.50. The summed E-state index contributed by atoms with van der Waals surface area (Å²) in [5.74, 6) is -1.91. The number of carbonyl (C=O) groups excluding carboxylic acids is 2. The number of thiazole rings is 1. The number of carbonyl (C=O) groups is 3. The molecule has 1 aromatic carbocycles. The first kappa shape index (κ1) is 35.4. The summed E-state index contributed by atoms with van der Waals surface area (Å²) in [4.78, 5) is 52.7. The van der Waals surface area contributed by atoms with Crippen molar-refractivity contribution in [3.63, 3.8) is 0 Å². The lowest BCUT2D eigenvalue weighted by molar-refractivity contribution is -0.139. The molecule has 236 valence electrons. The Morgan fingerprint density at radius 3 is 2.45 bits per heavy atom. The number of aryl methyl sites for hydroxylation is 3. The molecule has 2 aromatic heterocycles. The maximum Gasteiger partial charge on any atom is 0.328 e. The predicted octanol–water partition coefficient (Wildman–Crippen LogP) is 4.03. The van der Waals surface area contributed by atoms with Crippen LogP contribution in [-0.4, -0.2) is 80.6 Å². The minimum Gasteiger partial charge on any atom is -0.508 e. The Hall–Kier alpha value is -4.78. The van der Waals surface area contributed by atoms with Gasteiger partial charge in [0.05, 0.1) is 17.0 Å². The number of benzene rings is 1. The second-order valence-corrected chi connectivity index (χ2v) is 10.7. The molecule has 3 heterocycles. The molecule has 3 aromatic rings. The van der Waals surface area contributed by atoms with Crippen molar-refractivity contribution in [1.82, 2.24) is 30.5 Å². The minimum atomic E-state index is -1.38. The molecule has 1 aliphatic heterocycles. The molecule has 12 nitrogen and oxygen atoms in total. The smallest absolute Gasteiger partial charge is 0.328 e. The molecular weight excluding hydrogens is 582 g/mol. The van der Waals surface area contributed by atoms with E-state index in [4.69, 9.17) is 0 Å². The Morgan fingerprint density at radius 1 is 1.09 bits per heavy atom.